The normalized spacial score (nSPS) is 12.5. The molecule has 0 saturated carbocycles. The minimum absolute atomic E-state index is 1.12. The van der Waals surface area contributed by atoms with E-state index in [0.717, 1.165) is 56.4 Å². The number of nitrogens with zero attached hydrogens (tertiary/aromatic N) is 4. The lowest BCUT2D eigenvalue weighted by atomic mass is 9.84. The molecule has 0 bridgehead atoms. The third-order valence-corrected chi connectivity index (χ3v) is 18.8. The van der Waals surface area contributed by atoms with Crippen molar-refractivity contribution in [1.82, 2.24) is 0 Å². The van der Waals surface area contributed by atoms with Crippen LogP contribution in [-0.4, -0.2) is 14.1 Å². The van der Waals surface area contributed by atoms with Crippen LogP contribution in [0.5, 0.6) is 0 Å². The first-order valence-corrected chi connectivity index (χ1v) is 30.8. The molecule has 0 unspecified atom stereocenters. The molecule has 13 aromatic carbocycles. The molecule has 2 aliphatic rings. The molecule has 15 rings (SSSR count). The highest BCUT2D eigenvalue weighted by Crippen LogP contribution is 2.53. The second kappa shape index (κ2) is 22.7. The number of anilines is 10. The molecule has 6 heteroatoms. The summed E-state index contributed by atoms with van der Waals surface area (Å²) in [7, 11) is 4.39. The van der Waals surface area contributed by atoms with Gasteiger partial charge in [-0.15, -0.1) is 0 Å². The molecule has 0 spiro atoms. The van der Waals surface area contributed by atoms with Crippen LogP contribution < -0.4 is 19.6 Å². The quantitative estimate of drug-likeness (QED) is 0.0887. The maximum atomic E-state index is 2.39. The number of hydrogen-bond donors (Lipinski definition) is 0. The van der Waals surface area contributed by atoms with Crippen molar-refractivity contribution in [2.45, 2.75) is 19.6 Å². The van der Waals surface area contributed by atoms with Crippen LogP contribution in [0.15, 0.2) is 311 Å². The van der Waals surface area contributed by atoms with Gasteiger partial charge in [-0.2, -0.15) is 0 Å². The summed E-state index contributed by atoms with van der Waals surface area (Å²) in [4.78, 5) is 14.3. The van der Waals surface area contributed by atoms with Crippen LogP contribution in [0.3, 0.4) is 0 Å². The molecule has 0 amide bonds. The van der Waals surface area contributed by atoms with Crippen molar-refractivity contribution in [3.8, 4) is 22.3 Å². The van der Waals surface area contributed by atoms with Crippen molar-refractivity contribution in [3.05, 3.63) is 313 Å². The first kappa shape index (κ1) is 52.6. The molecular formula is C80H58N4S2. The van der Waals surface area contributed by atoms with Crippen molar-refractivity contribution in [2.24, 2.45) is 0 Å². The van der Waals surface area contributed by atoms with Crippen LogP contribution in [0.2, 0.25) is 0 Å². The Morgan fingerprint density at radius 3 is 0.872 bits per heavy atom. The number of benzene rings is 13. The highest BCUT2D eigenvalue weighted by Gasteiger charge is 2.26. The molecule has 0 atom stereocenters. The Morgan fingerprint density at radius 2 is 0.535 bits per heavy atom. The third-order valence-electron chi connectivity index (χ3n) is 16.5. The van der Waals surface area contributed by atoms with Gasteiger partial charge in [0.05, 0.1) is 22.7 Å². The van der Waals surface area contributed by atoms with E-state index in [0.29, 0.717) is 0 Å². The molecule has 2 heterocycles. The van der Waals surface area contributed by atoms with E-state index >= 15 is 0 Å². The van der Waals surface area contributed by atoms with Crippen LogP contribution in [0.4, 0.5) is 56.9 Å². The van der Waals surface area contributed by atoms with Gasteiger partial charge in [0.1, 0.15) is 0 Å². The molecule has 0 aliphatic carbocycles. The summed E-state index contributed by atoms with van der Waals surface area (Å²) in [5.74, 6) is 0. The average Bonchev–Trinajstić information content (AvgIpc) is 1.55. The van der Waals surface area contributed by atoms with E-state index in [-0.39, 0.29) is 0 Å². The third kappa shape index (κ3) is 9.98. The van der Waals surface area contributed by atoms with Gasteiger partial charge in [0, 0.05) is 67.8 Å². The van der Waals surface area contributed by atoms with Gasteiger partial charge in [-0.3, -0.25) is 0 Å². The van der Waals surface area contributed by atoms with E-state index in [9.17, 15) is 0 Å². The summed E-state index contributed by atoms with van der Waals surface area (Å²) in [5.41, 5.74) is 20.9. The lowest BCUT2D eigenvalue weighted by Gasteiger charge is -2.32. The Labute approximate surface area is 511 Å². The monoisotopic (exact) mass is 1140 g/mol. The maximum Gasteiger partial charge on any atom is 0.0571 e. The molecule has 0 saturated heterocycles. The SMILES string of the molecule is CN1c2cc(/C=C/c3ccc4c(-c5ccccc5)c(-c5ccccc5)c5ccc(/C=C/c6ccc7c(c6)N(C)c6cc(N(c8ccccc8)c8ccccc8)ccc6S7)cc5c4c3)ccc2Sc2ccc(N(c3ccccc3)c3ccccc3)cc21. The molecule has 4 nitrogen and oxygen atoms in total. The summed E-state index contributed by atoms with van der Waals surface area (Å²) >= 11 is 3.67. The molecule has 0 aromatic heterocycles. The second-order valence-corrected chi connectivity index (χ2v) is 24.0. The molecule has 410 valence electrons. The van der Waals surface area contributed by atoms with Crippen molar-refractivity contribution < 1.29 is 0 Å². The fourth-order valence-electron chi connectivity index (χ4n) is 12.3. The van der Waals surface area contributed by atoms with Crippen LogP contribution in [-0.2, 0) is 0 Å². The molecule has 0 fully saturated rings. The van der Waals surface area contributed by atoms with Crippen LogP contribution in [0.1, 0.15) is 22.3 Å². The Kier molecular flexibility index (Phi) is 13.9. The van der Waals surface area contributed by atoms with Crippen molar-refractivity contribution in [1.29, 1.82) is 0 Å². The topological polar surface area (TPSA) is 13.0 Å². The van der Waals surface area contributed by atoms with E-state index in [1.165, 1.54) is 86.1 Å². The zero-order valence-corrected chi connectivity index (χ0v) is 49.3. The Hall–Kier alpha value is -10.2. The van der Waals surface area contributed by atoms with Crippen LogP contribution in [0.25, 0.3) is 68.1 Å². The summed E-state index contributed by atoms with van der Waals surface area (Å²) < 4.78 is 0. The van der Waals surface area contributed by atoms with Gasteiger partial charge in [0.15, 0.2) is 0 Å². The van der Waals surface area contributed by atoms with Gasteiger partial charge in [-0.05, 0) is 187 Å². The zero-order chi connectivity index (χ0) is 57.5. The fourth-order valence-corrected chi connectivity index (χ4v) is 14.6. The van der Waals surface area contributed by atoms with E-state index in [2.05, 4.69) is 349 Å². The molecule has 86 heavy (non-hydrogen) atoms. The number of fused-ring (bicyclic) bond motifs is 7. The molecule has 13 aromatic rings. The summed E-state index contributed by atoms with van der Waals surface area (Å²) in [5, 5.41) is 4.87. The lowest BCUT2D eigenvalue weighted by Crippen LogP contribution is -2.16. The predicted molar refractivity (Wildman–Crippen MR) is 370 cm³/mol. The fraction of sp³-hybridized carbons (Fsp3) is 0.0250. The summed E-state index contributed by atoms with van der Waals surface area (Å²) in [6, 6.07) is 106. The first-order chi connectivity index (χ1) is 42.5. The molecular weight excluding hydrogens is 1080 g/mol. The van der Waals surface area contributed by atoms with Gasteiger partial charge in [0.25, 0.3) is 0 Å². The Balaban J connectivity index is 0.772. The highest BCUT2D eigenvalue weighted by atomic mass is 32.2. The predicted octanol–water partition coefficient (Wildman–Crippen LogP) is 23.1. The highest BCUT2D eigenvalue weighted by molar-refractivity contribution is 8.00. The smallest absolute Gasteiger partial charge is 0.0571 e. The molecule has 0 N–H and O–H groups in total. The number of para-hydroxylation sites is 4. The van der Waals surface area contributed by atoms with Gasteiger partial charge in [-0.1, -0.05) is 218 Å². The largest absolute Gasteiger partial charge is 0.343 e. The minimum Gasteiger partial charge on any atom is -0.343 e. The van der Waals surface area contributed by atoms with Crippen molar-refractivity contribution in [3.63, 3.8) is 0 Å². The van der Waals surface area contributed by atoms with Crippen LogP contribution >= 0.6 is 23.5 Å². The summed E-state index contributed by atoms with van der Waals surface area (Å²) in [6.45, 7) is 0. The van der Waals surface area contributed by atoms with E-state index in [4.69, 9.17) is 0 Å². The van der Waals surface area contributed by atoms with Crippen molar-refractivity contribution in [2.75, 3.05) is 33.7 Å². The van der Waals surface area contributed by atoms with E-state index in [1.807, 2.05) is 23.5 Å². The standard InChI is InChI=1S/C80H58N4S2/c1-81-71-51-57(39-45-75(71)85-77-47-41-65(53-73(77)81)83(61-25-13-5-14-26-61)62-27-15-6-16-28-62)35-33-55-37-43-67-69(49-55)70-50-56(38-44-68(70)80(60-23-11-4-12-24-60)79(67)59-21-9-3-10-22-59)34-36-58-40-46-76-72(52-58)82(2)74-54-66(42-48-78(74)86-76)84(63-29-17-7-18-30-63)64-31-19-8-20-32-64/h3-54H,1-2H3/b35-33+,36-34+. The van der Waals surface area contributed by atoms with Crippen molar-refractivity contribution >= 4 is 126 Å². The number of rotatable bonds is 12. The zero-order valence-electron chi connectivity index (χ0n) is 47.6. The minimum atomic E-state index is 1.12. The van der Waals surface area contributed by atoms with Crippen LogP contribution in [0, 0.1) is 0 Å². The second-order valence-electron chi connectivity index (χ2n) is 21.9. The molecule has 2 aliphatic heterocycles. The lowest BCUT2D eigenvalue weighted by molar-refractivity contribution is 1.11. The van der Waals surface area contributed by atoms with Gasteiger partial charge < -0.3 is 19.6 Å². The molecule has 0 radical (unpaired) electrons. The summed E-state index contributed by atoms with van der Waals surface area (Å²) in [6.07, 6.45) is 9.08. The maximum absolute atomic E-state index is 2.39. The Bertz CT molecular complexity index is 4340. The van der Waals surface area contributed by atoms with E-state index < -0.39 is 0 Å². The van der Waals surface area contributed by atoms with Gasteiger partial charge in [0.2, 0.25) is 0 Å². The van der Waals surface area contributed by atoms with E-state index in [1.54, 1.807) is 0 Å². The number of hydrogen-bond acceptors (Lipinski definition) is 6. The van der Waals surface area contributed by atoms with Gasteiger partial charge in [-0.25, -0.2) is 0 Å². The average molecular weight is 1140 g/mol. The first-order valence-electron chi connectivity index (χ1n) is 29.2. The van der Waals surface area contributed by atoms with Gasteiger partial charge >= 0.3 is 0 Å². The Morgan fingerprint density at radius 1 is 0.256 bits per heavy atom.